The normalized spacial score (nSPS) is 20.8. The van der Waals surface area contributed by atoms with Gasteiger partial charge in [-0.1, -0.05) is 6.07 Å². The smallest absolute Gasteiger partial charge is 0.0643 e. The van der Waals surface area contributed by atoms with Crippen LogP contribution in [0.1, 0.15) is 12.0 Å². The van der Waals surface area contributed by atoms with Gasteiger partial charge in [-0.05, 0) is 47.6 Å². The molecule has 0 amide bonds. The summed E-state index contributed by atoms with van der Waals surface area (Å²) < 4.78 is 1.12. The fourth-order valence-corrected chi connectivity index (χ4v) is 3.17. The third-order valence-corrected chi connectivity index (χ3v) is 4.06. The highest BCUT2D eigenvalue weighted by molar-refractivity contribution is 9.10. The molecule has 0 N–H and O–H groups in total. The molecule has 1 heterocycles. The van der Waals surface area contributed by atoms with E-state index in [2.05, 4.69) is 64.0 Å². The van der Waals surface area contributed by atoms with E-state index in [4.69, 9.17) is 5.26 Å². The molecule has 1 aromatic carbocycles. The highest BCUT2D eigenvalue weighted by Gasteiger charge is 2.26. The van der Waals surface area contributed by atoms with Gasteiger partial charge in [0.2, 0.25) is 0 Å². The highest BCUT2D eigenvalue weighted by atomic mass is 79.9. The van der Waals surface area contributed by atoms with Gasteiger partial charge in [0.1, 0.15) is 0 Å². The standard InChI is InChI=1S/C14H18BrN3/c1-11-3-4-14(13(15)9-11)18-8-7-17(2)10-12(18)5-6-16/h3-4,9,12H,5,7-8,10H2,1-2H3. The lowest BCUT2D eigenvalue weighted by Crippen LogP contribution is -2.52. The minimum Gasteiger partial charge on any atom is -0.364 e. The second-order valence-corrected chi connectivity index (χ2v) is 5.78. The van der Waals surface area contributed by atoms with Gasteiger partial charge < -0.3 is 9.80 Å². The van der Waals surface area contributed by atoms with Gasteiger partial charge in [0.15, 0.2) is 0 Å². The van der Waals surface area contributed by atoms with Crippen LogP contribution in [-0.4, -0.2) is 37.6 Å². The number of piperazine rings is 1. The molecule has 96 valence electrons. The lowest BCUT2D eigenvalue weighted by atomic mass is 10.1. The van der Waals surface area contributed by atoms with E-state index in [-0.39, 0.29) is 6.04 Å². The molecule has 0 radical (unpaired) electrons. The lowest BCUT2D eigenvalue weighted by Gasteiger charge is -2.41. The summed E-state index contributed by atoms with van der Waals surface area (Å²) in [5.74, 6) is 0. The molecular weight excluding hydrogens is 290 g/mol. The number of aryl methyl sites for hydroxylation is 1. The van der Waals surface area contributed by atoms with Gasteiger partial charge >= 0.3 is 0 Å². The van der Waals surface area contributed by atoms with Crippen LogP contribution in [0.25, 0.3) is 0 Å². The van der Waals surface area contributed by atoms with E-state index in [0.29, 0.717) is 6.42 Å². The van der Waals surface area contributed by atoms with Gasteiger partial charge in [-0.25, -0.2) is 0 Å². The Labute approximate surface area is 117 Å². The molecule has 1 atom stereocenters. The van der Waals surface area contributed by atoms with Crippen molar-refractivity contribution >= 4 is 21.6 Å². The first-order valence-electron chi connectivity index (χ1n) is 6.20. The summed E-state index contributed by atoms with van der Waals surface area (Å²) in [7, 11) is 2.12. The Morgan fingerprint density at radius 3 is 2.89 bits per heavy atom. The molecule has 18 heavy (non-hydrogen) atoms. The molecule has 1 fully saturated rings. The van der Waals surface area contributed by atoms with Gasteiger partial charge in [-0.15, -0.1) is 0 Å². The van der Waals surface area contributed by atoms with Crippen molar-refractivity contribution in [2.45, 2.75) is 19.4 Å². The van der Waals surface area contributed by atoms with Crippen LogP contribution in [0, 0.1) is 18.3 Å². The molecule has 2 rings (SSSR count). The molecule has 0 saturated carbocycles. The summed E-state index contributed by atoms with van der Waals surface area (Å²) in [4.78, 5) is 4.65. The predicted molar refractivity (Wildman–Crippen MR) is 77.7 cm³/mol. The van der Waals surface area contributed by atoms with Gasteiger partial charge in [0.05, 0.1) is 24.2 Å². The Kier molecular flexibility index (Phi) is 4.26. The number of nitriles is 1. The number of hydrogen-bond acceptors (Lipinski definition) is 3. The molecular formula is C14H18BrN3. The first kappa shape index (κ1) is 13.4. The van der Waals surface area contributed by atoms with Crippen molar-refractivity contribution in [2.24, 2.45) is 0 Å². The van der Waals surface area contributed by atoms with Crippen molar-refractivity contribution in [1.82, 2.24) is 4.90 Å². The van der Waals surface area contributed by atoms with E-state index >= 15 is 0 Å². The van der Waals surface area contributed by atoms with E-state index in [1.54, 1.807) is 0 Å². The van der Waals surface area contributed by atoms with Crippen LogP contribution >= 0.6 is 15.9 Å². The lowest BCUT2D eigenvalue weighted by molar-refractivity contribution is 0.268. The number of anilines is 1. The maximum atomic E-state index is 8.98. The number of hydrogen-bond donors (Lipinski definition) is 0. The molecule has 1 saturated heterocycles. The third-order valence-electron chi connectivity index (χ3n) is 3.43. The van der Waals surface area contributed by atoms with Crippen LogP contribution in [0.4, 0.5) is 5.69 Å². The van der Waals surface area contributed by atoms with Crippen LogP contribution in [0.2, 0.25) is 0 Å². The number of benzene rings is 1. The van der Waals surface area contributed by atoms with Gasteiger partial charge in [-0.3, -0.25) is 0 Å². The number of rotatable bonds is 2. The molecule has 3 nitrogen and oxygen atoms in total. The summed E-state index contributed by atoms with van der Waals surface area (Å²) in [5.41, 5.74) is 2.45. The molecule has 0 aliphatic carbocycles. The molecule has 0 aromatic heterocycles. The van der Waals surface area contributed by atoms with Crippen molar-refractivity contribution in [3.8, 4) is 6.07 Å². The van der Waals surface area contributed by atoms with Crippen molar-refractivity contribution in [3.05, 3.63) is 28.2 Å². The topological polar surface area (TPSA) is 30.3 Å². The number of nitrogens with zero attached hydrogens (tertiary/aromatic N) is 3. The van der Waals surface area contributed by atoms with Crippen molar-refractivity contribution in [1.29, 1.82) is 5.26 Å². The van der Waals surface area contributed by atoms with E-state index in [0.717, 1.165) is 24.1 Å². The Bertz CT molecular complexity index is 467. The second kappa shape index (κ2) is 5.73. The molecule has 0 bridgehead atoms. The number of halogens is 1. The maximum Gasteiger partial charge on any atom is 0.0643 e. The SMILES string of the molecule is Cc1ccc(N2CCN(C)CC2CC#N)c(Br)c1. The fraction of sp³-hybridized carbons (Fsp3) is 0.500. The minimum absolute atomic E-state index is 0.285. The van der Waals surface area contributed by atoms with Crippen molar-refractivity contribution in [3.63, 3.8) is 0 Å². The Hall–Kier alpha value is -1.05. The summed E-state index contributed by atoms with van der Waals surface area (Å²) in [6.07, 6.45) is 0.574. The van der Waals surface area contributed by atoms with E-state index in [9.17, 15) is 0 Å². The first-order chi connectivity index (χ1) is 8.61. The van der Waals surface area contributed by atoms with Crippen LogP contribution in [0.5, 0.6) is 0 Å². The van der Waals surface area contributed by atoms with E-state index in [1.807, 2.05) is 0 Å². The zero-order valence-electron chi connectivity index (χ0n) is 10.9. The van der Waals surface area contributed by atoms with Crippen LogP contribution < -0.4 is 4.90 Å². The maximum absolute atomic E-state index is 8.98. The predicted octanol–water partition coefficient (Wildman–Crippen LogP) is 2.79. The molecule has 1 unspecified atom stereocenters. The summed E-state index contributed by atoms with van der Waals surface area (Å²) in [6.45, 7) is 5.06. The second-order valence-electron chi connectivity index (χ2n) is 4.93. The molecule has 0 spiro atoms. The average Bonchev–Trinajstić information content (AvgIpc) is 2.31. The van der Waals surface area contributed by atoms with Crippen LogP contribution in [0.3, 0.4) is 0 Å². The van der Waals surface area contributed by atoms with Gasteiger partial charge in [-0.2, -0.15) is 5.26 Å². The highest BCUT2D eigenvalue weighted by Crippen LogP contribution is 2.30. The molecule has 1 aromatic rings. The third kappa shape index (κ3) is 2.85. The zero-order chi connectivity index (χ0) is 13.1. The van der Waals surface area contributed by atoms with E-state index < -0.39 is 0 Å². The van der Waals surface area contributed by atoms with Crippen LogP contribution in [0.15, 0.2) is 22.7 Å². The van der Waals surface area contributed by atoms with E-state index in [1.165, 1.54) is 11.3 Å². The monoisotopic (exact) mass is 307 g/mol. The largest absolute Gasteiger partial charge is 0.364 e. The van der Waals surface area contributed by atoms with Crippen molar-refractivity contribution < 1.29 is 0 Å². The summed E-state index contributed by atoms with van der Waals surface area (Å²) in [6, 6.07) is 9.00. The quantitative estimate of drug-likeness (QED) is 0.841. The fourth-order valence-electron chi connectivity index (χ4n) is 2.45. The van der Waals surface area contributed by atoms with Crippen LogP contribution in [-0.2, 0) is 0 Å². The Morgan fingerprint density at radius 1 is 1.44 bits per heavy atom. The molecule has 1 aliphatic heterocycles. The molecule has 1 aliphatic rings. The van der Waals surface area contributed by atoms with Gasteiger partial charge in [0, 0.05) is 24.1 Å². The summed E-state index contributed by atoms with van der Waals surface area (Å²) >= 11 is 3.64. The summed E-state index contributed by atoms with van der Waals surface area (Å²) in [5, 5.41) is 8.98. The zero-order valence-corrected chi connectivity index (χ0v) is 12.4. The average molecular weight is 308 g/mol. The minimum atomic E-state index is 0.285. The number of likely N-dealkylation sites (N-methyl/N-ethyl adjacent to an activating group) is 1. The molecule has 4 heteroatoms. The first-order valence-corrected chi connectivity index (χ1v) is 6.99. The Balaban J connectivity index is 2.27. The van der Waals surface area contributed by atoms with Crippen molar-refractivity contribution in [2.75, 3.05) is 31.6 Å². The van der Waals surface area contributed by atoms with Gasteiger partial charge in [0.25, 0.3) is 0 Å². The Morgan fingerprint density at radius 2 is 2.22 bits per heavy atom.